The van der Waals surface area contributed by atoms with Crippen LogP contribution in [0.3, 0.4) is 0 Å². The lowest BCUT2D eigenvalue weighted by molar-refractivity contribution is 0.294. The van der Waals surface area contributed by atoms with E-state index < -0.39 is 10.0 Å². The van der Waals surface area contributed by atoms with Crippen molar-refractivity contribution in [3.63, 3.8) is 0 Å². The monoisotopic (exact) mass is 255 g/mol. The number of hydrogen-bond donors (Lipinski definition) is 1. The van der Waals surface area contributed by atoms with Crippen molar-refractivity contribution in [1.82, 2.24) is 0 Å². The summed E-state index contributed by atoms with van der Waals surface area (Å²) in [7, 11) is -3.72. The lowest BCUT2D eigenvalue weighted by Crippen LogP contribution is -2.14. The Bertz CT molecular complexity index is 519. The first-order chi connectivity index (χ1) is 7.88. The van der Waals surface area contributed by atoms with Crippen molar-refractivity contribution in [2.75, 3.05) is 0 Å². The van der Waals surface area contributed by atoms with Crippen molar-refractivity contribution in [3.05, 3.63) is 23.8 Å². The van der Waals surface area contributed by atoms with E-state index in [9.17, 15) is 8.42 Å². The summed E-state index contributed by atoms with van der Waals surface area (Å²) in [5.74, 6) is 0.715. The van der Waals surface area contributed by atoms with E-state index in [0.29, 0.717) is 11.7 Å². The third-order valence-electron chi connectivity index (χ3n) is 2.76. The molecule has 0 unspecified atom stereocenters. The fourth-order valence-corrected chi connectivity index (χ4v) is 2.22. The largest absolute Gasteiger partial charge is 0.489 e. The Kier molecular flexibility index (Phi) is 3.14. The van der Waals surface area contributed by atoms with Crippen LogP contribution in [0.5, 0.6) is 5.75 Å². The van der Waals surface area contributed by atoms with Gasteiger partial charge < -0.3 is 4.74 Å². The lowest BCUT2D eigenvalue weighted by atomic mass is 10.0. The van der Waals surface area contributed by atoms with Crippen LogP contribution in [0.2, 0.25) is 0 Å². The topological polar surface area (TPSA) is 69.4 Å². The Balaban J connectivity index is 2.43. The van der Waals surface area contributed by atoms with Crippen LogP contribution in [0.15, 0.2) is 23.1 Å². The molecule has 2 rings (SSSR count). The van der Waals surface area contributed by atoms with Gasteiger partial charge in [-0.25, -0.2) is 13.6 Å². The minimum atomic E-state index is -3.72. The summed E-state index contributed by atoms with van der Waals surface area (Å²) in [6.45, 7) is 4.10. The van der Waals surface area contributed by atoms with Crippen LogP contribution in [0.1, 0.15) is 38.2 Å². The molecule has 1 aromatic carbocycles. The van der Waals surface area contributed by atoms with E-state index in [2.05, 4.69) is 0 Å². The predicted octanol–water partition coefficient (Wildman–Crippen LogP) is 2.00. The Morgan fingerprint density at radius 2 is 2.00 bits per heavy atom. The summed E-state index contributed by atoms with van der Waals surface area (Å²) >= 11 is 0. The number of rotatable bonds is 4. The zero-order valence-electron chi connectivity index (χ0n) is 10.0. The Hall–Kier alpha value is -1.07. The summed E-state index contributed by atoms with van der Waals surface area (Å²) in [6, 6.07) is 5.09. The van der Waals surface area contributed by atoms with Crippen molar-refractivity contribution >= 4 is 10.0 Å². The summed E-state index contributed by atoms with van der Waals surface area (Å²) in [4.78, 5) is 0.0776. The molecule has 1 aliphatic carbocycles. The van der Waals surface area contributed by atoms with Crippen LogP contribution in [-0.4, -0.2) is 14.5 Å². The Morgan fingerprint density at radius 3 is 2.47 bits per heavy atom. The van der Waals surface area contributed by atoms with Crippen molar-refractivity contribution < 1.29 is 13.2 Å². The van der Waals surface area contributed by atoms with E-state index in [-0.39, 0.29) is 11.0 Å². The number of sulfonamides is 1. The number of hydrogen-bond acceptors (Lipinski definition) is 3. The van der Waals surface area contributed by atoms with Crippen LogP contribution in [0.25, 0.3) is 0 Å². The van der Waals surface area contributed by atoms with Gasteiger partial charge in [-0.2, -0.15) is 0 Å². The molecule has 5 heteroatoms. The molecule has 2 N–H and O–H groups in total. The van der Waals surface area contributed by atoms with Gasteiger partial charge in [0, 0.05) is 0 Å². The normalized spacial score (nSPS) is 16.2. The van der Waals surface area contributed by atoms with E-state index in [1.165, 1.54) is 6.07 Å². The fourth-order valence-electron chi connectivity index (χ4n) is 1.58. The first kappa shape index (κ1) is 12.4. The molecule has 94 valence electrons. The third-order valence-corrected chi connectivity index (χ3v) is 3.71. The van der Waals surface area contributed by atoms with Crippen molar-refractivity contribution in [1.29, 1.82) is 0 Å². The molecule has 1 saturated carbocycles. The number of benzene rings is 1. The van der Waals surface area contributed by atoms with Crippen molar-refractivity contribution in [2.24, 2.45) is 5.14 Å². The summed E-state index contributed by atoms with van der Waals surface area (Å²) in [5.41, 5.74) is 1.05. The molecular formula is C12H17NO3S. The molecular weight excluding hydrogens is 238 g/mol. The SMILES string of the molecule is CC(C)c1ccc(S(N)(=O)=O)c(OC2CC2)c1. The zero-order valence-corrected chi connectivity index (χ0v) is 10.8. The van der Waals surface area contributed by atoms with Gasteiger partial charge in [-0.1, -0.05) is 19.9 Å². The van der Waals surface area contributed by atoms with Crippen molar-refractivity contribution in [3.8, 4) is 5.75 Å². The van der Waals surface area contributed by atoms with Gasteiger partial charge in [0.15, 0.2) is 0 Å². The maximum absolute atomic E-state index is 11.4. The molecule has 1 fully saturated rings. The summed E-state index contributed by atoms with van der Waals surface area (Å²) < 4.78 is 28.5. The number of nitrogens with two attached hydrogens (primary N) is 1. The van der Waals surface area contributed by atoms with Gasteiger partial charge in [0.05, 0.1) is 6.10 Å². The molecule has 0 heterocycles. The fraction of sp³-hybridized carbons (Fsp3) is 0.500. The first-order valence-corrected chi connectivity index (χ1v) is 7.26. The molecule has 0 amide bonds. The number of primary sulfonamides is 1. The molecule has 0 radical (unpaired) electrons. The molecule has 0 atom stereocenters. The molecule has 0 bridgehead atoms. The standard InChI is InChI=1S/C12H17NO3S/c1-8(2)9-3-6-12(17(13,14)15)11(7-9)16-10-4-5-10/h3,6-8,10H,4-5H2,1-2H3,(H2,13,14,15). The van der Waals surface area contributed by atoms with Crippen LogP contribution in [-0.2, 0) is 10.0 Å². The lowest BCUT2D eigenvalue weighted by Gasteiger charge is -2.13. The van der Waals surface area contributed by atoms with Gasteiger partial charge in [-0.3, -0.25) is 0 Å². The van der Waals surface area contributed by atoms with Gasteiger partial charge in [-0.15, -0.1) is 0 Å². The van der Waals surface area contributed by atoms with Crippen molar-refractivity contribution in [2.45, 2.75) is 43.6 Å². The third kappa shape index (κ3) is 2.98. The minimum absolute atomic E-state index is 0.0776. The first-order valence-electron chi connectivity index (χ1n) is 5.71. The van der Waals surface area contributed by atoms with Gasteiger partial charge >= 0.3 is 0 Å². The second-order valence-electron chi connectivity index (χ2n) is 4.72. The highest BCUT2D eigenvalue weighted by molar-refractivity contribution is 7.89. The maximum Gasteiger partial charge on any atom is 0.241 e. The molecule has 0 saturated heterocycles. The van der Waals surface area contributed by atoms with E-state index in [1.54, 1.807) is 12.1 Å². The Labute approximate surface area is 102 Å². The van der Waals surface area contributed by atoms with Gasteiger partial charge in [0.1, 0.15) is 10.6 Å². The second kappa shape index (κ2) is 4.31. The molecule has 1 aromatic rings. The highest BCUT2D eigenvalue weighted by Gasteiger charge is 2.26. The molecule has 17 heavy (non-hydrogen) atoms. The van der Waals surface area contributed by atoms with Gasteiger partial charge in [0.2, 0.25) is 10.0 Å². The highest BCUT2D eigenvalue weighted by atomic mass is 32.2. The average Bonchev–Trinajstić information content (AvgIpc) is 2.99. The molecule has 4 nitrogen and oxygen atoms in total. The number of ether oxygens (including phenoxy) is 1. The van der Waals surface area contributed by atoms with E-state index in [4.69, 9.17) is 9.88 Å². The van der Waals surface area contributed by atoms with Gasteiger partial charge in [0.25, 0.3) is 0 Å². The summed E-state index contributed by atoms with van der Waals surface area (Å²) in [5, 5.41) is 5.17. The zero-order chi connectivity index (χ0) is 12.6. The van der Waals surface area contributed by atoms with Crippen LogP contribution < -0.4 is 9.88 Å². The quantitative estimate of drug-likeness (QED) is 0.894. The van der Waals surface area contributed by atoms with Crippen LogP contribution in [0.4, 0.5) is 0 Å². The highest BCUT2D eigenvalue weighted by Crippen LogP contribution is 2.33. The van der Waals surface area contributed by atoms with Gasteiger partial charge in [-0.05, 0) is 36.5 Å². The maximum atomic E-state index is 11.4. The van der Waals surface area contributed by atoms with E-state index in [1.807, 2.05) is 13.8 Å². The average molecular weight is 255 g/mol. The molecule has 0 aromatic heterocycles. The molecule has 0 aliphatic heterocycles. The summed E-state index contributed by atoms with van der Waals surface area (Å²) in [6.07, 6.45) is 2.12. The van der Waals surface area contributed by atoms with E-state index in [0.717, 1.165) is 18.4 Å². The van der Waals surface area contributed by atoms with Crippen LogP contribution in [0, 0.1) is 0 Å². The minimum Gasteiger partial charge on any atom is -0.489 e. The molecule has 1 aliphatic rings. The van der Waals surface area contributed by atoms with Crippen LogP contribution >= 0.6 is 0 Å². The molecule has 0 spiro atoms. The predicted molar refractivity (Wildman–Crippen MR) is 65.6 cm³/mol. The smallest absolute Gasteiger partial charge is 0.241 e. The Morgan fingerprint density at radius 1 is 1.35 bits per heavy atom. The van der Waals surface area contributed by atoms with E-state index >= 15 is 0 Å². The second-order valence-corrected chi connectivity index (χ2v) is 6.25.